The fourth-order valence-corrected chi connectivity index (χ4v) is 2.53. The minimum atomic E-state index is -0.605. The number of tetrazole rings is 1. The van der Waals surface area contributed by atoms with Gasteiger partial charge < -0.3 is 14.8 Å². The second kappa shape index (κ2) is 6.75. The number of carbonyl (C=O) groups is 1. The number of hydrogen-bond donors (Lipinski definition) is 1. The number of esters is 1. The summed E-state index contributed by atoms with van der Waals surface area (Å²) in [4.78, 5) is 12.5. The number of anilines is 1. The molecule has 2 aromatic rings. The number of halogens is 1. The largest absolute Gasteiger partial charge is 0.460 e. The lowest BCUT2D eigenvalue weighted by Gasteiger charge is -2.27. The Hall–Kier alpha value is -2.81. The number of aromatic nitrogens is 4. The van der Waals surface area contributed by atoms with Crippen molar-refractivity contribution in [2.24, 2.45) is 0 Å². The van der Waals surface area contributed by atoms with Gasteiger partial charge in [-0.3, -0.25) is 0 Å². The summed E-state index contributed by atoms with van der Waals surface area (Å²) in [5, 5.41) is 14.4. The Morgan fingerprint density at radius 2 is 2.08 bits per heavy atom. The summed E-state index contributed by atoms with van der Waals surface area (Å²) in [6.45, 7) is 2.16. The van der Waals surface area contributed by atoms with Gasteiger partial charge in [-0.1, -0.05) is 17.2 Å². The highest BCUT2D eigenvalue weighted by molar-refractivity contribution is 5.92. The standard InChI is InChI=1S/C15H16FN5O3/c1-9-12(14(22)24-8-7-23-2)13(10-3-5-11(16)6-4-10)21-15(17-9)18-19-20-21/h3-6,13H,7-8H2,1-2H3,(H,17,18,20). The molecule has 0 fully saturated rings. The van der Waals surface area contributed by atoms with E-state index in [1.165, 1.54) is 23.9 Å². The van der Waals surface area contributed by atoms with Gasteiger partial charge in [0.2, 0.25) is 5.95 Å². The maximum Gasteiger partial charge on any atom is 0.338 e. The normalized spacial score (nSPS) is 16.5. The van der Waals surface area contributed by atoms with Gasteiger partial charge in [0.15, 0.2) is 0 Å². The van der Waals surface area contributed by atoms with Gasteiger partial charge in [0.25, 0.3) is 0 Å². The summed E-state index contributed by atoms with van der Waals surface area (Å²) in [5.74, 6) is -0.475. The van der Waals surface area contributed by atoms with E-state index in [1.54, 1.807) is 19.1 Å². The minimum absolute atomic E-state index is 0.130. The minimum Gasteiger partial charge on any atom is -0.460 e. The van der Waals surface area contributed by atoms with Crippen molar-refractivity contribution in [3.8, 4) is 0 Å². The molecule has 8 nitrogen and oxygen atoms in total. The molecule has 0 aliphatic carbocycles. The molecule has 1 unspecified atom stereocenters. The fraction of sp³-hybridized carbons (Fsp3) is 0.333. The Kier molecular flexibility index (Phi) is 4.52. The summed E-state index contributed by atoms with van der Waals surface area (Å²) in [7, 11) is 1.52. The summed E-state index contributed by atoms with van der Waals surface area (Å²) < 4.78 is 24.8. The molecule has 9 heteroatoms. The van der Waals surface area contributed by atoms with Crippen molar-refractivity contribution in [3.63, 3.8) is 0 Å². The van der Waals surface area contributed by atoms with Gasteiger partial charge in [-0.2, -0.15) is 4.68 Å². The van der Waals surface area contributed by atoms with Crippen molar-refractivity contribution >= 4 is 11.9 Å². The third-order valence-corrected chi connectivity index (χ3v) is 3.64. The second-order valence-corrected chi connectivity index (χ2v) is 5.19. The smallest absolute Gasteiger partial charge is 0.338 e. The molecule has 126 valence electrons. The first-order valence-corrected chi connectivity index (χ1v) is 7.29. The van der Waals surface area contributed by atoms with Gasteiger partial charge >= 0.3 is 5.97 Å². The first kappa shape index (κ1) is 16.1. The van der Waals surface area contributed by atoms with Crippen molar-refractivity contribution < 1.29 is 18.7 Å². The fourth-order valence-electron chi connectivity index (χ4n) is 2.53. The number of nitrogens with zero attached hydrogens (tertiary/aromatic N) is 4. The molecule has 2 heterocycles. The molecule has 1 aliphatic heterocycles. The van der Waals surface area contributed by atoms with Gasteiger partial charge in [0.05, 0.1) is 12.2 Å². The van der Waals surface area contributed by atoms with Crippen LogP contribution < -0.4 is 5.32 Å². The molecule has 3 rings (SSSR count). The Bertz CT molecular complexity index is 772. The third kappa shape index (κ3) is 2.98. The van der Waals surface area contributed by atoms with E-state index < -0.39 is 12.0 Å². The van der Waals surface area contributed by atoms with E-state index in [0.717, 1.165) is 0 Å². The molecule has 0 saturated heterocycles. The highest BCUT2D eigenvalue weighted by Crippen LogP contribution is 2.34. The molecule has 1 aromatic carbocycles. The van der Waals surface area contributed by atoms with Gasteiger partial charge in [-0.05, 0) is 35.0 Å². The summed E-state index contributed by atoms with van der Waals surface area (Å²) in [5.41, 5.74) is 1.61. The third-order valence-electron chi connectivity index (χ3n) is 3.64. The predicted octanol–water partition coefficient (Wildman–Crippen LogP) is 1.29. The van der Waals surface area contributed by atoms with Crippen LogP contribution in [0.3, 0.4) is 0 Å². The predicted molar refractivity (Wildman–Crippen MR) is 81.5 cm³/mol. The summed E-state index contributed by atoms with van der Waals surface area (Å²) in [6.07, 6.45) is 0. The average Bonchev–Trinajstić information content (AvgIpc) is 3.02. The molecule has 0 amide bonds. The van der Waals surface area contributed by atoms with Gasteiger partial charge in [-0.25, -0.2) is 9.18 Å². The quantitative estimate of drug-likeness (QED) is 0.651. The molecule has 1 aliphatic rings. The van der Waals surface area contributed by atoms with E-state index in [0.29, 0.717) is 29.4 Å². The topological polar surface area (TPSA) is 91.2 Å². The van der Waals surface area contributed by atoms with Crippen LogP contribution in [0, 0.1) is 5.82 Å². The van der Waals surface area contributed by atoms with Crippen molar-refractivity contribution in [1.29, 1.82) is 0 Å². The molecule has 1 aromatic heterocycles. The van der Waals surface area contributed by atoms with E-state index in [4.69, 9.17) is 9.47 Å². The molecule has 1 atom stereocenters. The van der Waals surface area contributed by atoms with Crippen LogP contribution in [0.4, 0.5) is 10.3 Å². The van der Waals surface area contributed by atoms with Crippen LogP contribution in [-0.4, -0.2) is 46.5 Å². The zero-order valence-corrected chi connectivity index (χ0v) is 13.2. The lowest BCUT2D eigenvalue weighted by atomic mass is 9.96. The average molecular weight is 333 g/mol. The second-order valence-electron chi connectivity index (χ2n) is 5.19. The van der Waals surface area contributed by atoms with Crippen LogP contribution in [0.1, 0.15) is 18.5 Å². The summed E-state index contributed by atoms with van der Waals surface area (Å²) >= 11 is 0. The maximum absolute atomic E-state index is 13.3. The Morgan fingerprint density at radius 3 is 2.79 bits per heavy atom. The number of fused-ring (bicyclic) bond motifs is 1. The van der Waals surface area contributed by atoms with Crippen molar-refractivity contribution in [2.75, 3.05) is 25.6 Å². The van der Waals surface area contributed by atoms with Crippen molar-refractivity contribution in [1.82, 2.24) is 20.2 Å². The number of nitrogens with one attached hydrogen (secondary N) is 1. The molecule has 0 radical (unpaired) electrons. The number of hydrogen-bond acceptors (Lipinski definition) is 7. The Morgan fingerprint density at radius 1 is 1.33 bits per heavy atom. The lowest BCUT2D eigenvalue weighted by Crippen LogP contribution is -2.30. The van der Waals surface area contributed by atoms with Crippen molar-refractivity contribution in [2.45, 2.75) is 13.0 Å². The van der Waals surface area contributed by atoms with E-state index in [-0.39, 0.29) is 12.4 Å². The van der Waals surface area contributed by atoms with Gasteiger partial charge in [-0.15, -0.1) is 0 Å². The van der Waals surface area contributed by atoms with Crippen molar-refractivity contribution in [3.05, 3.63) is 46.9 Å². The molecule has 24 heavy (non-hydrogen) atoms. The lowest BCUT2D eigenvalue weighted by molar-refractivity contribution is -0.140. The molecular formula is C15H16FN5O3. The first-order valence-electron chi connectivity index (χ1n) is 7.29. The van der Waals surface area contributed by atoms with Crippen LogP contribution in [0.5, 0.6) is 0 Å². The number of carbonyl (C=O) groups excluding carboxylic acids is 1. The van der Waals surface area contributed by atoms with Crippen LogP contribution in [-0.2, 0) is 14.3 Å². The van der Waals surface area contributed by atoms with E-state index in [2.05, 4.69) is 20.8 Å². The molecule has 0 bridgehead atoms. The highest BCUT2D eigenvalue weighted by Gasteiger charge is 2.34. The number of methoxy groups -OCH3 is 1. The van der Waals surface area contributed by atoms with Gasteiger partial charge in [0.1, 0.15) is 18.5 Å². The molecular weight excluding hydrogens is 317 g/mol. The molecule has 0 spiro atoms. The highest BCUT2D eigenvalue weighted by atomic mass is 19.1. The maximum atomic E-state index is 13.3. The van der Waals surface area contributed by atoms with Crippen LogP contribution in [0.25, 0.3) is 0 Å². The number of benzene rings is 1. The summed E-state index contributed by atoms with van der Waals surface area (Å²) in [6, 6.07) is 5.22. The SMILES string of the molecule is COCCOC(=O)C1=C(C)Nc2nnnn2C1c1ccc(F)cc1. The van der Waals surface area contributed by atoms with Crippen LogP contribution in [0.2, 0.25) is 0 Å². The van der Waals surface area contributed by atoms with E-state index in [1.807, 2.05) is 0 Å². The zero-order valence-electron chi connectivity index (χ0n) is 13.2. The number of ether oxygens (including phenoxy) is 2. The van der Waals surface area contributed by atoms with E-state index in [9.17, 15) is 9.18 Å². The van der Waals surface area contributed by atoms with Crippen LogP contribution >= 0.6 is 0 Å². The molecule has 1 N–H and O–H groups in total. The van der Waals surface area contributed by atoms with Gasteiger partial charge in [0, 0.05) is 12.8 Å². The zero-order chi connectivity index (χ0) is 17.1. The Balaban J connectivity index is 2.00. The van der Waals surface area contributed by atoms with Crippen LogP contribution in [0.15, 0.2) is 35.5 Å². The van der Waals surface area contributed by atoms with E-state index >= 15 is 0 Å². The Labute approximate surface area is 137 Å². The number of rotatable bonds is 5. The first-order chi connectivity index (χ1) is 11.6. The number of allylic oxidation sites excluding steroid dienone is 1. The molecule has 0 saturated carbocycles. The monoisotopic (exact) mass is 333 g/mol.